The van der Waals surface area contributed by atoms with Crippen LogP contribution in [-0.4, -0.2) is 56.1 Å². The minimum Gasteiger partial charge on any atom is -0.492 e. The van der Waals surface area contributed by atoms with Crippen molar-refractivity contribution in [3.05, 3.63) is 93.0 Å². The number of fused-ring (bicyclic) bond motifs is 6. The largest absolute Gasteiger partial charge is 0.492 e. The fourth-order valence-corrected chi connectivity index (χ4v) is 8.29. The molecule has 1 amide bonds. The van der Waals surface area contributed by atoms with Gasteiger partial charge >= 0.3 is 6.09 Å². The number of amides is 1. The summed E-state index contributed by atoms with van der Waals surface area (Å²) in [7, 11) is 3.59. The lowest BCUT2D eigenvalue weighted by molar-refractivity contribution is 0.0480. The Labute approximate surface area is 357 Å². The first kappa shape index (κ1) is 43.6. The highest BCUT2D eigenvalue weighted by Gasteiger charge is 2.30. The van der Waals surface area contributed by atoms with Crippen molar-refractivity contribution in [1.29, 1.82) is 0 Å². The average molecular weight is 831 g/mol. The maximum Gasteiger partial charge on any atom is 0.407 e. The van der Waals surface area contributed by atoms with Crippen LogP contribution in [-0.2, 0) is 18.8 Å². The van der Waals surface area contributed by atoms with E-state index in [4.69, 9.17) is 19.9 Å². The first-order valence-electron chi connectivity index (χ1n) is 21.8. The van der Waals surface area contributed by atoms with E-state index in [0.717, 1.165) is 75.3 Å². The Morgan fingerprint density at radius 2 is 1.18 bits per heavy atom. The Kier molecular flexibility index (Phi) is 12.8. The third-order valence-corrected chi connectivity index (χ3v) is 11.4. The fourth-order valence-electron chi connectivity index (χ4n) is 8.29. The number of nitrogens with one attached hydrogen (secondary N) is 1. The van der Waals surface area contributed by atoms with Crippen LogP contribution in [0.25, 0.3) is 43.4 Å². The minimum atomic E-state index is -0.562. The monoisotopic (exact) mass is 830 g/mol. The predicted molar refractivity (Wildman–Crippen MR) is 244 cm³/mol. The molecule has 8 rings (SSSR count). The topological polar surface area (TPSA) is 153 Å². The maximum atomic E-state index is 12.9. The quantitative estimate of drug-likeness (QED) is 0.109. The van der Waals surface area contributed by atoms with Crippen molar-refractivity contribution in [2.45, 2.75) is 117 Å². The first-order valence-corrected chi connectivity index (χ1v) is 21.8. The molecule has 2 aromatic carbocycles. The zero-order valence-electron chi connectivity index (χ0n) is 37.2. The van der Waals surface area contributed by atoms with Crippen LogP contribution < -0.4 is 31.6 Å². The summed E-state index contributed by atoms with van der Waals surface area (Å²) in [4.78, 5) is 46.3. The minimum absolute atomic E-state index is 0.0132. The van der Waals surface area contributed by atoms with Crippen LogP contribution >= 0.6 is 0 Å². The number of aromatic nitrogens is 4. The molecule has 0 radical (unpaired) electrons. The number of nitrogens with two attached hydrogens (primary N) is 1. The molecular formula is C49H62N6O6. The lowest BCUT2D eigenvalue weighted by Gasteiger charge is -2.25. The maximum absolute atomic E-state index is 12.9. The van der Waals surface area contributed by atoms with Gasteiger partial charge in [0.2, 0.25) is 0 Å². The fraction of sp³-hybridized carbons (Fsp3) is 0.490. The molecule has 12 nitrogen and oxygen atoms in total. The summed E-state index contributed by atoms with van der Waals surface area (Å²) >= 11 is 0. The van der Waals surface area contributed by atoms with Gasteiger partial charge in [-0.2, -0.15) is 0 Å². The Morgan fingerprint density at radius 3 is 1.61 bits per heavy atom. The molecule has 2 aliphatic carbocycles. The summed E-state index contributed by atoms with van der Waals surface area (Å²) in [6.07, 6.45) is 12.6. The predicted octanol–water partition coefficient (Wildman–Crippen LogP) is 9.00. The number of alkyl carbamates (subject to hydrolysis) is 1. The molecule has 2 aliphatic rings. The zero-order valence-corrected chi connectivity index (χ0v) is 37.2. The van der Waals surface area contributed by atoms with Gasteiger partial charge in [-0.3, -0.25) is 19.6 Å². The molecule has 4 heterocycles. The molecule has 6 aromatic rings. The molecule has 4 aromatic heterocycles. The standard InChI is InChI=1S/C27H35N3O4.C22H27N3O2/c1-16(2)11-18(29-26(32)34-27(3,4)5)15-33-24-13-23-21(12-20(24)17-7-8-17)19-9-10-28-14-22(19)25(31)30(23)6;1-13(2)8-15(23)12-27-21-10-20-18(9-17(21)14-4-5-14)16-6-7-24-11-19(16)22(26)25(20)3/h9-10,12-14,16-18H,7-8,11,15H2,1-6H3,(H,29,32);6-7,9-11,13-15H,4-5,8,12,23H2,1-3H3/t18-;15-/m00/s1. The number of nitrogens with zero attached hydrogens (tertiary/aromatic N) is 4. The van der Waals surface area contributed by atoms with Crippen molar-refractivity contribution in [2.75, 3.05) is 13.2 Å². The molecule has 61 heavy (non-hydrogen) atoms. The number of ether oxygens (including phenoxy) is 3. The molecule has 12 heteroatoms. The van der Waals surface area contributed by atoms with E-state index in [2.05, 4.69) is 55.1 Å². The molecule has 0 aliphatic heterocycles. The highest BCUT2D eigenvalue weighted by molar-refractivity contribution is 6.07. The van der Waals surface area contributed by atoms with E-state index in [1.165, 1.54) is 18.4 Å². The van der Waals surface area contributed by atoms with Gasteiger partial charge < -0.3 is 34.4 Å². The van der Waals surface area contributed by atoms with Crippen LogP contribution in [0.1, 0.15) is 110 Å². The summed E-state index contributed by atoms with van der Waals surface area (Å²) in [5.41, 5.74) is 9.64. The van der Waals surface area contributed by atoms with E-state index in [1.54, 1.807) is 41.0 Å². The summed E-state index contributed by atoms with van der Waals surface area (Å²) in [6.45, 7) is 14.9. The van der Waals surface area contributed by atoms with Crippen LogP contribution in [0.5, 0.6) is 11.5 Å². The van der Waals surface area contributed by atoms with Crippen molar-refractivity contribution in [1.82, 2.24) is 24.4 Å². The average Bonchev–Trinajstić information content (AvgIpc) is 4.14. The second-order valence-corrected chi connectivity index (χ2v) is 18.9. The number of benzene rings is 2. The highest BCUT2D eigenvalue weighted by atomic mass is 16.6. The first-order chi connectivity index (χ1) is 29.0. The molecule has 2 saturated carbocycles. The number of pyridine rings is 4. The van der Waals surface area contributed by atoms with Crippen molar-refractivity contribution in [3.63, 3.8) is 0 Å². The molecule has 0 unspecified atom stereocenters. The highest BCUT2D eigenvalue weighted by Crippen LogP contribution is 2.47. The Bertz CT molecular complexity index is 2690. The van der Waals surface area contributed by atoms with Gasteiger partial charge in [0.05, 0.1) is 27.8 Å². The molecule has 324 valence electrons. The number of aryl methyl sites for hydroxylation is 2. The SMILES string of the molecule is CC(C)C[C@@H](COc1cc2c(cc1C1CC1)c1ccncc1c(=O)n2C)NC(=O)OC(C)(C)C.CC(C)C[C@H](N)COc1cc2c(cc1C1CC1)c1ccncc1c(=O)n2C. The molecular weight excluding hydrogens is 769 g/mol. The number of carbonyl (C=O) groups is 1. The molecule has 0 saturated heterocycles. The Hall–Kier alpha value is -5.49. The van der Waals surface area contributed by atoms with Crippen LogP contribution in [0.15, 0.2) is 70.8 Å². The molecule has 2 atom stereocenters. The van der Waals surface area contributed by atoms with Crippen LogP contribution in [0, 0.1) is 11.8 Å². The van der Waals surface area contributed by atoms with Gasteiger partial charge in [-0.1, -0.05) is 27.7 Å². The summed E-state index contributed by atoms with van der Waals surface area (Å²) in [5.74, 6) is 3.56. The smallest absolute Gasteiger partial charge is 0.407 e. The van der Waals surface area contributed by atoms with Gasteiger partial charge in [0.15, 0.2) is 0 Å². The molecule has 2 fully saturated rings. The van der Waals surface area contributed by atoms with E-state index < -0.39 is 11.7 Å². The van der Waals surface area contributed by atoms with E-state index in [-0.39, 0.29) is 23.2 Å². The molecule has 3 N–H and O–H groups in total. The zero-order chi connectivity index (χ0) is 43.7. The second-order valence-electron chi connectivity index (χ2n) is 18.9. The summed E-state index contributed by atoms with van der Waals surface area (Å²) in [6, 6.07) is 12.0. The Morgan fingerprint density at radius 1 is 0.721 bits per heavy atom. The van der Waals surface area contributed by atoms with Gasteiger partial charge in [0.25, 0.3) is 11.1 Å². The van der Waals surface area contributed by atoms with Crippen molar-refractivity contribution < 1.29 is 19.0 Å². The third kappa shape index (κ3) is 10.2. The van der Waals surface area contributed by atoms with Gasteiger partial charge in [0, 0.05) is 67.8 Å². The van der Waals surface area contributed by atoms with E-state index in [9.17, 15) is 14.4 Å². The van der Waals surface area contributed by atoms with Crippen LogP contribution in [0.4, 0.5) is 4.79 Å². The molecule has 0 spiro atoms. The number of rotatable bonds is 13. The lowest BCUT2D eigenvalue weighted by Crippen LogP contribution is -2.42. The van der Waals surface area contributed by atoms with E-state index in [1.807, 2.05) is 52.1 Å². The number of hydrogen-bond acceptors (Lipinski definition) is 9. The number of hydrogen-bond donors (Lipinski definition) is 2. The van der Waals surface area contributed by atoms with Crippen LogP contribution in [0.2, 0.25) is 0 Å². The summed E-state index contributed by atoms with van der Waals surface area (Å²) < 4.78 is 21.3. The normalized spacial score (nSPS) is 15.3. The van der Waals surface area contributed by atoms with Gasteiger partial charge in [0.1, 0.15) is 30.3 Å². The number of carbonyl (C=O) groups excluding carboxylic acids is 1. The van der Waals surface area contributed by atoms with E-state index >= 15 is 0 Å². The summed E-state index contributed by atoms with van der Waals surface area (Å²) in [5, 5.41) is 8.21. The van der Waals surface area contributed by atoms with Crippen LogP contribution in [0.3, 0.4) is 0 Å². The van der Waals surface area contributed by atoms with Crippen molar-refractivity contribution in [3.8, 4) is 11.5 Å². The van der Waals surface area contributed by atoms with Gasteiger partial charge in [-0.25, -0.2) is 4.79 Å². The second kappa shape index (κ2) is 17.8. The Balaban J connectivity index is 0.000000189. The van der Waals surface area contributed by atoms with Crippen molar-refractivity contribution in [2.24, 2.45) is 31.7 Å². The lowest BCUT2D eigenvalue weighted by atomic mass is 10.0. The third-order valence-electron chi connectivity index (χ3n) is 11.4. The van der Waals surface area contributed by atoms with E-state index in [0.29, 0.717) is 47.7 Å². The molecule has 0 bridgehead atoms. The van der Waals surface area contributed by atoms with Crippen molar-refractivity contribution >= 4 is 49.4 Å². The van der Waals surface area contributed by atoms with Gasteiger partial charge in [-0.05, 0) is 129 Å². The van der Waals surface area contributed by atoms with Gasteiger partial charge in [-0.15, -0.1) is 0 Å².